The number of rotatable bonds is 4. The molecule has 0 unspecified atom stereocenters. The Kier molecular flexibility index (Phi) is 4.82. The van der Waals surface area contributed by atoms with Gasteiger partial charge in [0, 0.05) is 5.69 Å². The van der Waals surface area contributed by atoms with Gasteiger partial charge in [-0.2, -0.15) is 5.10 Å². The van der Waals surface area contributed by atoms with E-state index < -0.39 is 0 Å². The lowest BCUT2D eigenvalue weighted by Crippen LogP contribution is -2.30. The molecule has 0 aliphatic carbocycles. The summed E-state index contributed by atoms with van der Waals surface area (Å²) < 4.78 is 1.96. The Balaban J connectivity index is 1.71. The first-order chi connectivity index (χ1) is 13.4. The van der Waals surface area contributed by atoms with Crippen LogP contribution in [0, 0.1) is 20.8 Å². The maximum atomic E-state index is 12.8. The number of nitrogens with one attached hydrogen (secondary N) is 1. The maximum absolute atomic E-state index is 12.8. The molecule has 1 aromatic carbocycles. The fourth-order valence-electron chi connectivity index (χ4n) is 3.03. The molecule has 1 amide bonds. The first kappa shape index (κ1) is 18.5. The van der Waals surface area contributed by atoms with Crippen molar-refractivity contribution in [2.45, 2.75) is 27.3 Å². The van der Waals surface area contributed by atoms with Crippen molar-refractivity contribution in [3.05, 3.63) is 62.2 Å². The zero-order valence-corrected chi connectivity index (χ0v) is 17.3. The second-order valence-electron chi connectivity index (χ2n) is 6.57. The average molecular weight is 411 g/mol. The van der Waals surface area contributed by atoms with Gasteiger partial charge < -0.3 is 5.32 Å². The quantitative estimate of drug-likeness (QED) is 0.548. The van der Waals surface area contributed by atoms with Gasteiger partial charge >= 0.3 is 0 Å². The summed E-state index contributed by atoms with van der Waals surface area (Å²) in [5.41, 5.74) is 3.52. The normalized spacial score (nSPS) is 11.1. The highest BCUT2D eigenvalue weighted by Gasteiger charge is 2.18. The third-order valence-electron chi connectivity index (χ3n) is 4.31. The van der Waals surface area contributed by atoms with Crippen LogP contribution in [0.5, 0.6) is 0 Å². The van der Waals surface area contributed by atoms with Crippen LogP contribution in [0.4, 0.5) is 5.69 Å². The summed E-state index contributed by atoms with van der Waals surface area (Å²) in [5, 5.41) is 10.1. The number of aryl methyl sites for hydroxylation is 3. The van der Waals surface area contributed by atoms with Crippen molar-refractivity contribution in [1.82, 2.24) is 14.8 Å². The summed E-state index contributed by atoms with van der Waals surface area (Å²) in [7, 11) is 0. The number of hydrogen-bond donors (Lipinski definition) is 1. The van der Waals surface area contributed by atoms with Crippen LogP contribution in [-0.4, -0.2) is 20.7 Å². The lowest BCUT2D eigenvalue weighted by atomic mass is 10.1. The third kappa shape index (κ3) is 3.48. The lowest BCUT2D eigenvalue weighted by Gasteiger charge is -2.11. The molecule has 1 N–H and O–H groups in total. The molecule has 28 heavy (non-hydrogen) atoms. The molecule has 8 heteroatoms. The van der Waals surface area contributed by atoms with Gasteiger partial charge in [-0.05, 0) is 43.8 Å². The zero-order valence-electron chi connectivity index (χ0n) is 15.6. The second-order valence-corrected chi connectivity index (χ2v) is 8.72. The van der Waals surface area contributed by atoms with Crippen LogP contribution in [0.2, 0.25) is 0 Å². The van der Waals surface area contributed by atoms with Crippen LogP contribution in [0.25, 0.3) is 20.8 Å². The predicted octanol–water partition coefficient (Wildman–Crippen LogP) is 4.15. The molecule has 0 fully saturated rings. The Morgan fingerprint density at radius 3 is 2.75 bits per heavy atom. The SMILES string of the molecule is Cc1ccc(NC(=O)Cn2nc(-c3cccs3)c3sc(C)nc3c2=O)c(C)c1. The number of benzene rings is 1. The summed E-state index contributed by atoms with van der Waals surface area (Å²) in [6.45, 7) is 5.63. The molecule has 6 nitrogen and oxygen atoms in total. The highest BCUT2D eigenvalue weighted by molar-refractivity contribution is 7.20. The van der Waals surface area contributed by atoms with Gasteiger partial charge in [0.05, 0.1) is 14.6 Å². The van der Waals surface area contributed by atoms with Crippen molar-refractivity contribution >= 4 is 44.5 Å². The summed E-state index contributed by atoms with van der Waals surface area (Å²) in [6.07, 6.45) is 0. The second kappa shape index (κ2) is 7.29. The van der Waals surface area contributed by atoms with Crippen molar-refractivity contribution in [1.29, 1.82) is 0 Å². The Labute approximate surface area is 169 Å². The number of amides is 1. The summed E-state index contributed by atoms with van der Waals surface area (Å²) >= 11 is 2.98. The standard InChI is InChI=1S/C20H18N4O2S2/c1-11-6-7-14(12(2)9-11)22-16(25)10-24-20(26)18-19(28-13(3)21-18)17(23-24)15-5-4-8-27-15/h4-9H,10H2,1-3H3,(H,22,25). The first-order valence-corrected chi connectivity index (χ1v) is 10.4. The van der Waals surface area contributed by atoms with Gasteiger partial charge in [0.25, 0.3) is 5.56 Å². The topological polar surface area (TPSA) is 76.9 Å². The molecule has 0 aliphatic heterocycles. The monoisotopic (exact) mass is 410 g/mol. The highest BCUT2D eigenvalue weighted by Crippen LogP contribution is 2.31. The molecular formula is C20H18N4O2S2. The molecule has 0 bridgehead atoms. The van der Waals surface area contributed by atoms with Gasteiger partial charge in [-0.25, -0.2) is 9.67 Å². The first-order valence-electron chi connectivity index (χ1n) is 8.71. The van der Waals surface area contributed by atoms with Crippen LogP contribution >= 0.6 is 22.7 Å². The number of carbonyl (C=O) groups is 1. The van der Waals surface area contributed by atoms with E-state index in [9.17, 15) is 9.59 Å². The average Bonchev–Trinajstić information content (AvgIpc) is 3.29. The molecule has 0 aliphatic rings. The Bertz CT molecular complexity index is 1240. The van der Waals surface area contributed by atoms with Gasteiger partial charge in [0.1, 0.15) is 12.2 Å². The Morgan fingerprint density at radius 2 is 2.04 bits per heavy atom. The molecule has 3 aromatic heterocycles. The third-order valence-corrected chi connectivity index (χ3v) is 6.16. The van der Waals surface area contributed by atoms with Gasteiger partial charge in [-0.1, -0.05) is 23.8 Å². The Hall–Kier alpha value is -2.84. The van der Waals surface area contributed by atoms with E-state index in [1.165, 1.54) is 27.4 Å². The number of thiazole rings is 1. The van der Waals surface area contributed by atoms with Crippen molar-refractivity contribution < 1.29 is 4.79 Å². The molecule has 0 saturated carbocycles. The number of fused-ring (bicyclic) bond motifs is 1. The Morgan fingerprint density at radius 1 is 1.21 bits per heavy atom. The summed E-state index contributed by atoms with van der Waals surface area (Å²) in [5.74, 6) is -0.301. The van der Waals surface area contributed by atoms with E-state index in [0.29, 0.717) is 11.2 Å². The van der Waals surface area contributed by atoms with Crippen LogP contribution in [0.1, 0.15) is 16.1 Å². The van der Waals surface area contributed by atoms with Gasteiger partial charge in [-0.15, -0.1) is 22.7 Å². The van der Waals surface area contributed by atoms with Crippen molar-refractivity contribution in [3.63, 3.8) is 0 Å². The molecular weight excluding hydrogens is 392 g/mol. The molecule has 3 heterocycles. The van der Waals surface area contributed by atoms with Crippen molar-refractivity contribution in [2.75, 3.05) is 5.32 Å². The number of aromatic nitrogens is 3. The molecule has 4 rings (SSSR count). The van der Waals surface area contributed by atoms with E-state index >= 15 is 0 Å². The zero-order chi connectivity index (χ0) is 19.8. The van der Waals surface area contributed by atoms with Crippen molar-refractivity contribution in [2.24, 2.45) is 0 Å². The molecule has 142 valence electrons. The van der Waals surface area contributed by atoms with E-state index in [-0.39, 0.29) is 18.0 Å². The fraction of sp³-hybridized carbons (Fsp3) is 0.200. The smallest absolute Gasteiger partial charge is 0.294 e. The van der Waals surface area contributed by atoms with E-state index in [1.54, 1.807) is 0 Å². The van der Waals surface area contributed by atoms with Gasteiger partial charge in [-0.3, -0.25) is 9.59 Å². The van der Waals surface area contributed by atoms with Crippen molar-refractivity contribution in [3.8, 4) is 10.6 Å². The molecule has 0 spiro atoms. The number of carbonyl (C=O) groups excluding carboxylic acids is 1. The number of nitrogens with zero attached hydrogens (tertiary/aromatic N) is 3. The van der Waals surface area contributed by atoms with Crippen LogP contribution < -0.4 is 10.9 Å². The summed E-state index contributed by atoms with van der Waals surface area (Å²) in [4.78, 5) is 30.7. The molecule has 0 saturated heterocycles. The van der Waals surface area contributed by atoms with Crippen LogP contribution in [-0.2, 0) is 11.3 Å². The fourth-order valence-corrected chi connectivity index (χ4v) is 4.72. The molecule has 0 atom stereocenters. The minimum atomic E-state index is -0.351. The number of hydrogen-bond acceptors (Lipinski definition) is 6. The predicted molar refractivity (Wildman–Crippen MR) is 114 cm³/mol. The maximum Gasteiger partial charge on any atom is 0.294 e. The van der Waals surface area contributed by atoms with E-state index in [0.717, 1.165) is 31.4 Å². The van der Waals surface area contributed by atoms with E-state index in [1.807, 2.05) is 56.5 Å². The molecule has 4 aromatic rings. The largest absolute Gasteiger partial charge is 0.324 e. The van der Waals surface area contributed by atoms with Crippen LogP contribution in [0.15, 0.2) is 40.5 Å². The minimum absolute atomic E-state index is 0.170. The van der Waals surface area contributed by atoms with Gasteiger partial charge in [0.2, 0.25) is 5.91 Å². The molecule has 0 radical (unpaired) electrons. The minimum Gasteiger partial charge on any atom is -0.324 e. The van der Waals surface area contributed by atoms with E-state index in [4.69, 9.17) is 0 Å². The highest BCUT2D eigenvalue weighted by atomic mass is 32.1. The van der Waals surface area contributed by atoms with E-state index in [2.05, 4.69) is 15.4 Å². The number of anilines is 1. The van der Waals surface area contributed by atoms with Crippen LogP contribution in [0.3, 0.4) is 0 Å². The lowest BCUT2D eigenvalue weighted by molar-refractivity contribution is -0.117. The van der Waals surface area contributed by atoms with Gasteiger partial charge in [0.15, 0.2) is 5.52 Å². The number of thiophene rings is 1. The summed E-state index contributed by atoms with van der Waals surface area (Å²) in [6, 6.07) is 9.68.